The Kier molecular flexibility index (Phi) is 5.98. The molecule has 2 N–H and O–H groups in total. The van der Waals surface area contributed by atoms with Crippen LogP contribution in [0.4, 0.5) is 5.69 Å². The van der Waals surface area contributed by atoms with E-state index in [1.165, 1.54) is 0 Å². The van der Waals surface area contributed by atoms with Crippen LogP contribution in [0.5, 0.6) is 5.75 Å². The van der Waals surface area contributed by atoms with E-state index in [2.05, 4.69) is 24.3 Å². The maximum atomic E-state index is 12.6. The van der Waals surface area contributed by atoms with Gasteiger partial charge in [0.2, 0.25) is 0 Å². The van der Waals surface area contributed by atoms with Crippen LogP contribution in [-0.4, -0.2) is 27.9 Å². The largest absolute Gasteiger partial charge is 0.496 e. The number of ether oxygens (including phenoxy) is 1. The van der Waals surface area contributed by atoms with Crippen LogP contribution in [0.25, 0.3) is 0 Å². The van der Waals surface area contributed by atoms with E-state index in [4.69, 9.17) is 4.74 Å². The highest BCUT2D eigenvalue weighted by Gasteiger charge is 2.17. The van der Waals surface area contributed by atoms with Crippen molar-refractivity contribution in [3.63, 3.8) is 0 Å². The van der Waals surface area contributed by atoms with Gasteiger partial charge < -0.3 is 15.2 Å². The number of benzene rings is 1. The number of carbonyl (C=O) groups is 1. The van der Waals surface area contributed by atoms with Crippen LogP contribution in [-0.2, 0) is 19.6 Å². The Morgan fingerprint density at radius 2 is 2.17 bits per heavy atom. The van der Waals surface area contributed by atoms with Crippen LogP contribution < -0.4 is 10.1 Å². The van der Waals surface area contributed by atoms with Crippen LogP contribution in [0.3, 0.4) is 0 Å². The summed E-state index contributed by atoms with van der Waals surface area (Å²) in [6, 6.07) is 5.19. The molecule has 2 rings (SSSR count). The number of nitrogens with one attached hydrogen (secondary N) is 1. The Balaban J connectivity index is 2.22. The molecule has 0 atom stereocenters. The molecule has 6 nitrogen and oxygen atoms in total. The van der Waals surface area contributed by atoms with Crippen molar-refractivity contribution < 1.29 is 14.6 Å². The highest BCUT2D eigenvalue weighted by Crippen LogP contribution is 2.23. The van der Waals surface area contributed by atoms with Crippen molar-refractivity contribution in [2.45, 2.75) is 40.3 Å². The molecule has 2 aromatic rings. The fourth-order valence-corrected chi connectivity index (χ4v) is 2.65. The molecular formula is C18H25N3O3. The monoisotopic (exact) mass is 331 g/mol. The summed E-state index contributed by atoms with van der Waals surface area (Å²) >= 11 is 0. The molecule has 0 saturated heterocycles. The maximum absolute atomic E-state index is 12.6. The maximum Gasteiger partial charge on any atom is 0.259 e. The Bertz CT molecular complexity index is 708. The fourth-order valence-electron chi connectivity index (χ4n) is 2.65. The van der Waals surface area contributed by atoms with Crippen molar-refractivity contribution in [3.8, 4) is 5.75 Å². The molecule has 0 spiro atoms. The first-order valence-corrected chi connectivity index (χ1v) is 8.13. The molecule has 1 heterocycles. The number of aliphatic hydroxyl groups excluding tert-OH is 1. The van der Waals surface area contributed by atoms with Crippen molar-refractivity contribution in [1.29, 1.82) is 0 Å². The lowest BCUT2D eigenvalue weighted by Crippen LogP contribution is -2.16. The third kappa shape index (κ3) is 3.94. The van der Waals surface area contributed by atoms with Gasteiger partial charge in [-0.05, 0) is 30.5 Å². The standard InChI is InChI=1S/C18H25N3O3/c1-5-16-15(9-19-21(16)10-12(2)3)18(23)20-14-6-7-17(24-4)13(8-14)11-22/h6-9,12,22H,5,10-11H2,1-4H3,(H,20,23). The van der Waals surface area contributed by atoms with Gasteiger partial charge in [-0.15, -0.1) is 0 Å². The average Bonchev–Trinajstić information content (AvgIpc) is 2.96. The zero-order valence-corrected chi connectivity index (χ0v) is 14.7. The number of anilines is 1. The quantitative estimate of drug-likeness (QED) is 0.818. The highest BCUT2D eigenvalue weighted by atomic mass is 16.5. The minimum atomic E-state index is -0.198. The first kappa shape index (κ1) is 18.0. The lowest BCUT2D eigenvalue weighted by molar-refractivity contribution is 0.102. The number of methoxy groups -OCH3 is 1. The number of hydrogen-bond donors (Lipinski definition) is 2. The van der Waals surface area contributed by atoms with Crippen LogP contribution in [0.2, 0.25) is 0 Å². The summed E-state index contributed by atoms with van der Waals surface area (Å²) in [5.41, 5.74) is 2.75. The topological polar surface area (TPSA) is 76.4 Å². The summed E-state index contributed by atoms with van der Waals surface area (Å²) in [6.07, 6.45) is 2.35. The van der Waals surface area contributed by atoms with Gasteiger partial charge in [-0.1, -0.05) is 20.8 Å². The molecule has 1 aromatic carbocycles. The molecule has 0 aliphatic heterocycles. The van der Waals surface area contributed by atoms with Crippen LogP contribution in [0.1, 0.15) is 42.4 Å². The third-order valence-corrected chi connectivity index (χ3v) is 3.77. The highest BCUT2D eigenvalue weighted by molar-refractivity contribution is 6.05. The lowest BCUT2D eigenvalue weighted by atomic mass is 10.1. The number of aliphatic hydroxyl groups is 1. The molecule has 0 fully saturated rings. The molecule has 0 radical (unpaired) electrons. The number of aromatic nitrogens is 2. The van der Waals surface area contributed by atoms with Crippen LogP contribution in [0, 0.1) is 5.92 Å². The van der Waals surface area contributed by atoms with Gasteiger partial charge in [0.05, 0.1) is 31.2 Å². The SMILES string of the molecule is CCc1c(C(=O)Nc2ccc(OC)c(CO)c2)cnn1CC(C)C. The normalized spacial score (nSPS) is 10.9. The van der Waals surface area contributed by atoms with E-state index in [1.807, 2.05) is 11.6 Å². The zero-order valence-electron chi connectivity index (χ0n) is 14.7. The third-order valence-electron chi connectivity index (χ3n) is 3.77. The second-order valence-electron chi connectivity index (χ2n) is 6.07. The molecule has 24 heavy (non-hydrogen) atoms. The van der Waals surface area contributed by atoms with Crippen molar-refractivity contribution in [2.24, 2.45) is 5.92 Å². The summed E-state index contributed by atoms with van der Waals surface area (Å²) in [5, 5.41) is 16.6. The Morgan fingerprint density at radius 3 is 2.75 bits per heavy atom. The molecule has 130 valence electrons. The van der Waals surface area contributed by atoms with E-state index in [-0.39, 0.29) is 12.5 Å². The first-order chi connectivity index (χ1) is 11.5. The lowest BCUT2D eigenvalue weighted by Gasteiger charge is -2.12. The predicted molar refractivity (Wildman–Crippen MR) is 93.3 cm³/mol. The number of nitrogens with zero attached hydrogens (tertiary/aromatic N) is 2. The number of rotatable bonds is 7. The summed E-state index contributed by atoms with van der Waals surface area (Å²) in [7, 11) is 1.55. The predicted octanol–water partition coefficient (Wildman–Crippen LogP) is 2.85. The molecular weight excluding hydrogens is 306 g/mol. The summed E-state index contributed by atoms with van der Waals surface area (Å²) in [6.45, 7) is 6.89. The van der Waals surface area contributed by atoms with Gasteiger partial charge in [0.15, 0.2) is 0 Å². The van der Waals surface area contributed by atoms with E-state index in [1.54, 1.807) is 31.5 Å². The minimum Gasteiger partial charge on any atom is -0.496 e. The van der Waals surface area contributed by atoms with Crippen molar-refractivity contribution in [1.82, 2.24) is 9.78 Å². The van der Waals surface area contributed by atoms with Crippen LogP contribution in [0.15, 0.2) is 24.4 Å². The molecule has 1 aromatic heterocycles. The van der Waals surface area contributed by atoms with Gasteiger partial charge in [-0.3, -0.25) is 9.48 Å². The van der Waals surface area contributed by atoms with Gasteiger partial charge in [0.1, 0.15) is 5.75 Å². The first-order valence-electron chi connectivity index (χ1n) is 8.13. The summed E-state index contributed by atoms with van der Waals surface area (Å²) in [4.78, 5) is 12.6. The Labute approximate surface area is 142 Å². The van der Waals surface area contributed by atoms with Gasteiger partial charge in [0, 0.05) is 17.8 Å². The second kappa shape index (κ2) is 7.97. The Hall–Kier alpha value is -2.34. The van der Waals surface area contributed by atoms with Gasteiger partial charge >= 0.3 is 0 Å². The molecule has 0 unspecified atom stereocenters. The molecule has 1 amide bonds. The summed E-state index contributed by atoms with van der Waals surface area (Å²) in [5.74, 6) is 0.852. The van der Waals surface area contributed by atoms with Gasteiger partial charge in [-0.25, -0.2) is 0 Å². The van der Waals surface area contributed by atoms with E-state index in [0.29, 0.717) is 28.5 Å². The van der Waals surface area contributed by atoms with Gasteiger partial charge in [-0.2, -0.15) is 5.10 Å². The average molecular weight is 331 g/mol. The smallest absolute Gasteiger partial charge is 0.259 e. The van der Waals surface area contributed by atoms with Crippen molar-refractivity contribution in [3.05, 3.63) is 41.2 Å². The van der Waals surface area contributed by atoms with Gasteiger partial charge in [0.25, 0.3) is 5.91 Å². The van der Waals surface area contributed by atoms with E-state index in [9.17, 15) is 9.90 Å². The molecule has 0 bridgehead atoms. The molecule has 6 heteroatoms. The van der Waals surface area contributed by atoms with Crippen molar-refractivity contribution in [2.75, 3.05) is 12.4 Å². The number of amides is 1. The number of carbonyl (C=O) groups excluding carboxylic acids is 1. The van der Waals surface area contributed by atoms with Crippen LogP contribution >= 0.6 is 0 Å². The molecule has 0 aliphatic rings. The van der Waals surface area contributed by atoms with E-state index in [0.717, 1.165) is 18.7 Å². The fraction of sp³-hybridized carbons (Fsp3) is 0.444. The minimum absolute atomic E-state index is 0.153. The van der Waals surface area contributed by atoms with E-state index < -0.39 is 0 Å². The van der Waals surface area contributed by atoms with E-state index >= 15 is 0 Å². The molecule has 0 aliphatic carbocycles. The Morgan fingerprint density at radius 1 is 1.42 bits per heavy atom. The zero-order chi connectivity index (χ0) is 17.7. The second-order valence-corrected chi connectivity index (χ2v) is 6.07. The molecule has 0 saturated carbocycles. The number of hydrogen-bond acceptors (Lipinski definition) is 4. The summed E-state index contributed by atoms with van der Waals surface area (Å²) < 4.78 is 7.07. The van der Waals surface area contributed by atoms with Crippen molar-refractivity contribution >= 4 is 11.6 Å².